The highest BCUT2D eigenvalue weighted by Gasteiger charge is 2.48. The molecule has 2 aromatic rings. The summed E-state index contributed by atoms with van der Waals surface area (Å²) in [5.74, 6) is 0. The van der Waals surface area contributed by atoms with Crippen molar-refractivity contribution in [1.82, 2.24) is 9.55 Å². The van der Waals surface area contributed by atoms with E-state index in [4.69, 9.17) is 15.7 Å². The van der Waals surface area contributed by atoms with Crippen molar-refractivity contribution in [1.29, 1.82) is 5.26 Å². The van der Waals surface area contributed by atoms with Crippen molar-refractivity contribution in [2.24, 2.45) is 11.1 Å². The Hall–Kier alpha value is -2.75. The average Bonchev–Trinajstić information content (AvgIpc) is 2.88. The molecule has 3 N–H and O–H groups in total. The molecule has 0 radical (unpaired) electrons. The molecule has 26 heavy (non-hydrogen) atoms. The van der Waals surface area contributed by atoms with E-state index in [2.05, 4.69) is 11.1 Å². The minimum Gasteiger partial charge on any atom is -0.443 e. The molecule has 0 aliphatic heterocycles. The second-order valence-corrected chi connectivity index (χ2v) is 8.04. The van der Waals surface area contributed by atoms with Crippen molar-refractivity contribution in [3.8, 4) is 6.07 Å². The van der Waals surface area contributed by atoms with Crippen LogP contribution in [0.25, 0.3) is 11.0 Å². The van der Waals surface area contributed by atoms with Crippen molar-refractivity contribution in [2.75, 3.05) is 0 Å². The van der Waals surface area contributed by atoms with Gasteiger partial charge < -0.3 is 15.5 Å². The Balaban J connectivity index is 1.92. The summed E-state index contributed by atoms with van der Waals surface area (Å²) in [5.41, 5.74) is 6.22. The van der Waals surface area contributed by atoms with Gasteiger partial charge in [0.2, 0.25) is 0 Å². The van der Waals surface area contributed by atoms with Crippen molar-refractivity contribution in [2.45, 2.75) is 58.1 Å². The van der Waals surface area contributed by atoms with E-state index in [1.54, 1.807) is 22.8 Å². The Labute approximate surface area is 151 Å². The molecule has 1 aromatic heterocycles. The number of ether oxygens (including phenoxy) is 1. The van der Waals surface area contributed by atoms with Crippen LogP contribution < -0.4 is 11.4 Å². The third kappa shape index (κ3) is 2.96. The van der Waals surface area contributed by atoms with E-state index in [1.165, 1.54) is 0 Å². The first-order chi connectivity index (χ1) is 12.2. The predicted octanol–water partition coefficient (Wildman–Crippen LogP) is 3.20. The summed E-state index contributed by atoms with van der Waals surface area (Å²) in [4.78, 5) is 26.8. The number of hydrogen-bond acceptors (Lipinski definition) is 4. The molecule has 1 aliphatic carbocycles. The second-order valence-electron chi connectivity index (χ2n) is 8.04. The number of nitrogens with one attached hydrogen (secondary N) is 1. The fraction of sp³-hybridized carbons (Fsp3) is 0.526. The number of imidazole rings is 1. The molecule has 1 saturated carbocycles. The van der Waals surface area contributed by atoms with Gasteiger partial charge >= 0.3 is 11.8 Å². The Kier molecular flexibility index (Phi) is 4.31. The number of rotatable bonds is 2. The number of primary amides is 1. The van der Waals surface area contributed by atoms with Crippen molar-refractivity contribution in [3.05, 3.63) is 34.2 Å². The molecule has 1 fully saturated rings. The van der Waals surface area contributed by atoms with E-state index in [0.717, 1.165) is 5.52 Å². The summed E-state index contributed by atoms with van der Waals surface area (Å²) in [5, 5.41) is 9.03. The third-order valence-corrected chi connectivity index (χ3v) is 5.64. The van der Waals surface area contributed by atoms with E-state index >= 15 is 0 Å². The molecule has 138 valence electrons. The van der Waals surface area contributed by atoms with E-state index in [0.29, 0.717) is 36.8 Å². The normalized spacial score (nSPS) is 23.5. The average molecular weight is 356 g/mol. The first-order valence-corrected chi connectivity index (χ1v) is 8.80. The lowest BCUT2D eigenvalue weighted by Gasteiger charge is -2.47. The van der Waals surface area contributed by atoms with Crippen LogP contribution in [0.3, 0.4) is 0 Å². The molecule has 0 bridgehead atoms. The minimum absolute atomic E-state index is 0.0103. The number of hydrogen-bond donors (Lipinski definition) is 2. The molecule has 0 atom stereocenters. The summed E-state index contributed by atoms with van der Waals surface area (Å²) < 4.78 is 7.32. The van der Waals surface area contributed by atoms with Gasteiger partial charge in [-0.1, -0.05) is 20.8 Å². The number of nitrogens with zero attached hydrogens (tertiary/aromatic N) is 2. The molecule has 1 heterocycles. The van der Waals surface area contributed by atoms with Gasteiger partial charge in [-0.25, -0.2) is 9.59 Å². The molecule has 0 spiro atoms. The smallest absolute Gasteiger partial charge is 0.405 e. The van der Waals surface area contributed by atoms with Gasteiger partial charge in [0.25, 0.3) is 0 Å². The fourth-order valence-electron chi connectivity index (χ4n) is 4.09. The second kappa shape index (κ2) is 6.20. The Morgan fingerprint density at radius 2 is 2.04 bits per heavy atom. The number of carbonyl (C=O) groups is 1. The van der Waals surface area contributed by atoms with Crippen LogP contribution in [0.15, 0.2) is 23.0 Å². The molecule has 7 nitrogen and oxygen atoms in total. The van der Waals surface area contributed by atoms with E-state index in [9.17, 15) is 9.59 Å². The summed E-state index contributed by atoms with van der Waals surface area (Å²) in [6.45, 7) is 6.12. The molecular weight excluding hydrogens is 332 g/mol. The molecule has 1 amide bonds. The number of benzene rings is 1. The van der Waals surface area contributed by atoms with E-state index in [1.807, 2.05) is 20.8 Å². The number of H-pyrrole nitrogens is 1. The molecule has 1 aromatic carbocycles. The Morgan fingerprint density at radius 1 is 1.38 bits per heavy atom. The van der Waals surface area contributed by atoms with Crippen LogP contribution in [0.5, 0.6) is 0 Å². The maximum Gasteiger partial charge on any atom is 0.405 e. The van der Waals surface area contributed by atoms with Crippen molar-refractivity contribution in [3.63, 3.8) is 0 Å². The van der Waals surface area contributed by atoms with Crippen LogP contribution in [0.4, 0.5) is 4.79 Å². The van der Waals surface area contributed by atoms with Gasteiger partial charge in [0.15, 0.2) is 0 Å². The van der Waals surface area contributed by atoms with Crippen LogP contribution >= 0.6 is 0 Å². The van der Waals surface area contributed by atoms with Gasteiger partial charge in [-0.2, -0.15) is 5.26 Å². The summed E-state index contributed by atoms with van der Waals surface area (Å²) >= 11 is 0. The zero-order valence-electron chi connectivity index (χ0n) is 15.3. The lowest BCUT2D eigenvalue weighted by molar-refractivity contribution is -0.0954. The maximum atomic E-state index is 12.5. The van der Waals surface area contributed by atoms with Gasteiger partial charge in [-0.05, 0) is 43.9 Å². The number of aromatic amines is 1. The number of aromatic nitrogens is 2. The minimum atomic E-state index is -0.758. The highest BCUT2D eigenvalue weighted by Crippen LogP contribution is 2.47. The topological polar surface area (TPSA) is 114 Å². The molecule has 0 unspecified atom stereocenters. The fourth-order valence-corrected chi connectivity index (χ4v) is 4.09. The van der Waals surface area contributed by atoms with Crippen LogP contribution in [0.2, 0.25) is 0 Å². The highest BCUT2D eigenvalue weighted by molar-refractivity contribution is 5.77. The summed E-state index contributed by atoms with van der Waals surface area (Å²) in [7, 11) is 0. The van der Waals surface area contributed by atoms with Crippen LogP contribution in [-0.4, -0.2) is 21.2 Å². The van der Waals surface area contributed by atoms with Crippen molar-refractivity contribution < 1.29 is 9.53 Å². The Bertz CT molecular complexity index is 934. The number of fused-ring (bicyclic) bond motifs is 1. The zero-order valence-corrected chi connectivity index (χ0v) is 15.3. The van der Waals surface area contributed by atoms with Gasteiger partial charge in [-0.3, -0.25) is 4.57 Å². The van der Waals surface area contributed by atoms with Crippen LogP contribution in [0.1, 0.15) is 58.1 Å². The predicted molar refractivity (Wildman–Crippen MR) is 97.6 cm³/mol. The van der Waals surface area contributed by atoms with E-state index in [-0.39, 0.29) is 17.1 Å². The molecule has 7 heteroatoms. The lowest BCUT2D eigenvalue weighted by atomic mass is 9.67. The van der Waals surface area contributed by atoms with E-state index < -0.39 is 11.7 Å². The quantitative estimate of drug-likeness (QED) is 0.860. The zero-order chi connectivity index (χ0) is 19.1. The standard InChI is InChI=1S/C19H24N4O3/c1-18(2,3)19(26-16(21)24)8-6-13(7-9-19)23-15-5-4-12(11-20)10-14(15)22-17(23)25/h4-5,10,13H,6-9H2,1-3H3,(H2,21,24)(H,22,25)/t13-,19-. The first kappa shape index (κ1) is 18.1. The lowest BCUT2D eigenvalue weighted by Crippen LogP contribution is -2.50. The monoisotopic (exact) mass is 356 g/mol. The molecular formula is C19H24N4O3. The third-order valence-electron chi connectivity index (χ3n) is 5.64. The van der Waals surface area contributed by atoms with Gasteiger partial charge in [-0.15, -0.1) is 0 Å². The number of nitriles is 1. The SMILES string of the molecule is CC(C)(C)[C@]1(OC(N)=O)CC[C@H](n2c(=O)[nH]c3cc(C#N)ccc32)CC1. The number of nitrogens with two attached hydrogens (primary N) is 1. The summed E-state index contributed by atoms with van der Waals surface area (Å²) in [6.07, 6.45) is 1.93. The first-order valence-electron chi connectivity index (χ1n) is 8.80. The molecule has 3 rings (SSSR count). The number of amides is 1. The van der Waals surface area contributed by atoms with Crippen LogP contribution in [0, 0.1) is 16.7 Å². The Morgan fingerprint density at radius 3 is 2.58 bits per heavy atom. The highest BCUT2D eigenvalue weighted by atomic mass is 16.6. The van der Waals surface area contributed by atoms with Gasteiger partial charge in [0.05, 0.1) is 22.7 Å². The number of carbonyl (C=O) groups excluding carboxylic acids is 1. The molecule has 1 aliphatic rings. The largest absolute Gasteiger partial charge is 0.443 e. The van der Waals surface area contributed by atoms with Gasteiger partial charge in [0, 0.05) is 11.5 Å². The van der Waals surface area contributed by atoms with Crippen LogP contribution in [-0.2, 0) is 4.74 Å². The molecule has 0 saturated heterocycles. The van der Waals surface area contributed by atoms with Gasteiger partial charge in [0.1, 0.15) is 5.60 Å². The summed E-state index contributed by atoms with van der Waals surface area (Å²) in [6, 6.07) is 7.29. The maximum absolute atomic E-state index is 12.5. The van der Waals surface area contributed by atoms with Crippen molar-refractivity contribution >= 4 is 17.1 Å².